The van der Waals surface area contributed by atoms with Crippen molar-refractivity contribution < 1.29 is 4.74 Å². The molecule has 0 aliphatic carbocycles. The van der Waals surface area contributed by atoms with E-state index in [4.69, 9.17) is 4.74 Å². The number of hydrogen-bond donors (Lipinski definition) is 1. The van der Waals surface area contributed by atoms with Crippen molar-refractivity contribution in [2.45, 2.75) is 59.0 Å². The SMILES string of the molecule is CCCNC(COCCC)Cc1ccn(C(C)C)n1. The van der Waals surface area contributed by atoms with Crippen molar-refractivity contribution in [3.63, 3.8) is 0 Å². The van der Waals surface area contributed by atoms with Gasteiger partial charge in [-0.3, -0.25) is 4.68 Å². The van der Waals surface area contributed by atoms with Crippen LogP contribution < -0.4 is 5.32 Å². The second kappa shape index (κ2) is 9.10. The van der Waals surface area contributed by atoms with Crippen LogP contribution in [0.15, 0.2) is 12.3 Å². The van der Waals surface area contributed by atoms with Crippen molar-refractivity contribution in [2.75, 3.05) is 19.8 Å². The number of nitrogens with zero attached hydrogens (tertiary/aromatic N) is 2. The minimum atomic E-state index is 0.363. The molecule has 0 bridgehead atoms. The van der Waals surface area contributed by atoms with Crippen molar-refractivity contribution >= 4 is 0 Å². The Bertz CT molecular complexity index is 336. The summed E-state index contributed by atoms with van der Waals surface area (Å²) in [5, 5.41) is 8.15. The van der Waals surface area contributed by atoms with Gasteiger partial charge in [0, 0.05) is 31.3 Å². The van der Waals surface area contributed by atoms with Gasteiger partial charge in [0.25, 0.3) is 0 Å². The van der Waals surface area contributed by atoms with E-state index in [1.165, 1.54) is 0 Å². The fourth-order valence-corrected chi connectivity index (χ4v) is 1.93. The first-order valence-corrected chi connectivity index (χ1v) is 7.52. The zero-order chi connectivity index (χ0) is 14.1. The number of hydrogen-bond acceptors (Lipinski definition) is 3. The first-order valence-electron chi connectivity index (χ1n) is 7.52. The summed E-state index contributed by atoms with van der Waals surface area (Å²) in [6.07, 6.45) is 5.21. The lowest BCUT2D eigenvalue weighted by atomic mass is 10.1. The standard InChI is InChI=1S/C15H29N3O/c1-5-8-16-15(12-19-10-6-2)11-14-7-9-18(17-14)13(3)4/h7,9,13,15-16H,5-6,8,10-12H2,1-4H3. The van der Waals surface area contributed by atoms with Gasteiger partial charge in [-0.15, -0.1) is 0 Å². The Morgan fingerprint density at radius 2 is 2.11 bits per heavy atom. The van der Waals surface area contributed by atoms with Crippen molar-refractivity contribution in [2.24, 2.45) is 0 Å². The number of aromatic nitrogens is 2. The molecule has 1 N–H and O–H groups in total. The Hall–Kier alpha value is -0.870. The fraction of sp³-hybridized carbons (Fsp3) is 0.800. The second-order valence-electron chi connectivity index (χ2n) is 5.31. The molecule has 0 radical (unpaired) electrons. The van der Waals surface area contributed by atoms with Crippen LogP contribution in [0, 0.1) is 0 Å². The van der Waals surface area contributed by atoms with Crippen LogP contribution in [0.1, 0.15) is 52.3 Å². The highest BCUT2D eigenvalue weighted by Crippen LogP contribution is 2.07. The Morgan fingerprint density at radius 3 is 2.68 bits per heavy atom. The van der Waals surface area contributed by atoms with E-state index in [0.717, 1.165) is 44.7 Å². The normalized spacial score (nSPS) is 13.1. The average Bonchev–Trinajstić information content (AvgIpc) is 2.84. The smallest absolute Gasteiger partial charge is 0.0641 e. The highest BCUT2D eigenvalue weighted by atomic mass is 16.5. The molecule has 1 unspecified atom stereocenters. The number of nitrogens with one attached hydrogen (secondary N) is 1. The summed E-state index contributed by atoms with van der Waals surface area (Å²) in [4.78, 5) is 0. The van der Waals surface area contributed by atoms with E-state index < -0.39 is 0 Å². The molecule has 0 saturated heterocycles. The zero-order valence-electron chi connectivity index (χ0n) is 12.9. The highest BCUT2D eigenvalue weighted by Gasteiger charge is 2.11. The monoisotopic (exact) mass is 267 g/mol. The van der Waals surface area contributed by atoms with Crippen LogP contribution in [0.4, 0.5) is 0 Å². The molecule has 1 rings (SSSR count). The van der Waals surface area contributed by atoms with Crippen LogP contribution in [0.5, 0.6) is 0 Å². The molecular formula is C15H29N3O. The molecule has 0 aromatic carbocycles. The summed E-state index contributed by atoms with van der Waals surface area (Å²) < 4.78 is 7.68. The molecule has 4 nitrogen and oxygen atoms in total. The number of rotatable bonds is 10. The van der Waals surface area contributed by atoms with Gasteiger partial charge >= 0.3 is 0 Å². The van der Waals surface area contributed by atoms with Crippen molar-refractivity contribution in [3.05, 3.63) is 18.0 Å². The maximum absolute atomic E-state index is 5.67. The summed E-state index contributed by atoms with van der Waals surface area (Å²) in [6, 6.07) is 2.90. The molecule has 110 valence electrons. The quantitative estimate of drug-likeness (QED) is 0.663. The minimum absolute atomic E-state index is 0.363. The van der Waals surface area contributed by atoms with Gasteiger partial charge in [-0.05, 0) is 39.3 Å². The van der Waals surface area contributed by atoms with Gasteiger partial charge in [0.15, 0.2) is 0 Å². The van der Waals surface area contributed by atoms with E-state index in [1.807, 2.05) is 4.68 Å². The first-order chi connectivity index (χ1) is 9.17. The third-order valence-electron chi connectivity index (χ3n) is 3.00. The summed E-state index contributed by atoms with van der Waals surface area (Å²) in [5.74, 6) is 0. The lowest BCUT2D eigenvalue weighted by molar-refractivity contribution is 0.111. The van der Waals surface area contributed by atoms with Crippen molar-refractivity contribution in [1.82, 2.24) is 15.1 Å². The zero-order valence-corrected chi connectivity index (χ0v) is 12.9. The molecule has 0 saturated carbocycles. The van der Waals surface area contributed by atoms with E-state index in [2.05, 4.69) is 50.4 Å². The largest absolute Gasteiger partial charge is 0.380 e. The third kappa shape index (κ3) is 6.21. The van der Waals surface area contributed by atoms with Gasteiger partial charge in [-0.2, -0.15) is 5.10 Å². The minimum Gasteiger partial charge on any atom is -0.380 e. The molecular weight excluding hydrogens is 238 g/mol. The molecule has 1 aromatic rings. The Balaban J connectivity index is 2.48. The van der Waals surface area contributed by atoms with E-state index in [1.54, 1.807) is 0 Å². The predicted octanol–water partition coefficient (Wildman–Crippen LogP) is 2.80. The molecule has 0 amide bonds. The summed E-state index contributed by atoms with van der Waals surface area (Å²) in [7, 11) is 0. The Labute approximate surface area is 117 Å². The third-order valence-corrected chi connectivity index (χ3v) is 3.00. The first kappa shape index (κ1) is 16.2. The molecule has 1 heterocycles. The van der Waals surface area contributed by atoms with Crippen LogP contribution >= 0.6 is 0 Å². The topological polar surface area (TPSA) is 39.1 Å². The van der Waals surface area contributed by atoms with Crippen LogP contribution in [-0.4, -0.2) is 35.6 Å². The van der Waals surface area contributed by atoms with Crippen LogP contribution in [0.3, 0.4) is 0 Å². The molecule has 0 aliphatic rings. The van der Waals surface area contributed by atoms with E-state index in [0.29, 0.717) is 12.1 Å². The molecule has 1 aromatic heterocycles. The van der Waals surface area contributed by atoms with E-state index >= 15 is 0 Å². The van der Waals surface area contributed by atoms with Crippen LogP contribution in [-0.2, 0) is 11.2 Å². The summed E-state index contributed by atoms with van der Waals surface area (Å²) >= 11 is 0. The van der Waals surface area contributed by atoms with Crippen molar-refractivity contribution in [1.29, 1.82) is 0 Å². The maximum Gasteiger partial charge on any atom is 0.0641 e. The summed E-state index contributed by atoms with van der Waals surface area (Å²) in [5.41, 5.74) is 1.14. The number of ether oxygens (including phenoxy) is 1. The molecule has 4 heteroatoms. The lowest BCUT2D eigenvalue weighted by Crippen LogP contribution is -2.36. The molecule has 19 heavy (non-hydrogen) atoms. The summed E-state index contributed by atoms with van der Waals surface area (Å²) in [6.45, 7) is 11.3. The van der Waals surface area contributed by atoms with Gasteiger partial charge in [-0.1, -0.05) is 13.8 Å². The van der Waals surface area contributed by atoms with Gasteiger partial charge in [-0.25, -0.2) is 0 Å². The van der Waals surface area contributed by atoms with E-state index in [9.17, 15) is 0 Å². The van der Waals surface area contributed by atoms with Crippen LogP contribution in [0.25, 0.3) is 0 Å². The van der Waals surface area contributed by atoms with Gasteiger partial charge in [0.05, 0.1) is 12.3 Å². The van der Waals surface area contributed by atoms with Gasteiger partial charge < -0.3 is 10.1 Å². The molecule has 0 spiro atoms. The Morgan fingerprint density at radius 1 is 1.32 bits per heavy atom. The highest BCUT2D eigenvalue weighted by molar-refractivity contribution is 5.02. The molecule has 1 atom stereocenters. The fourth-order valence-electron chi connectivity index (χ4n) is 1.93. The second-order valence-corrected chi connectivity index (χ2v) is 5.31. The predicted molar refractivity (Wildman–Crippen MR) is 79.5 cm³/mol. The lowest BCUT2D eigenvalue weighted by Gasteiger charge is -2.17. The van der Waals surface area contributed by atoms with Crippen molar-refractivity contribution in [3.8, 4) is 0 Å². The maximum atomic E-state index is 5.67. The Kier molecular flexibility index (Phi) is 7.75. The molecule has 0 aliphatic heterocycles. The van der Waals surface area contributed by atoms with Gasteiger partial charge in [0.1, 0.15) is 0 Å². The van der Waals surface area contributed by atoms with Gasteiger partial charge in [0.2, 0.25) is 0 Å². The molecule has 0 fully saturated rings. The van der Waals surface area contributed by atoms with Crippen LogP contribution in [0.2, 0.25) is 0 Å². The van der Waals surface area contributed by atoms with E-state index in [-0.39, 0.29) is 0 Å². The average molecular weight is 267 g/mol.